The first-order chi connectivity index (χ1) is 8.75. The van der Waals surface area contributed by atoms with Gasteiger partial charge in [-0.05, 0) is 42.5 Å². The van der Waals surface area contributed by atoms with Crippen molar-refractivity contribution in [3.63, 3.8) is 0 Å². The highest BCUT2D eigenvalue weighted by Gasteiger charge is 2.09. The Kier molecular flexibility index (Phi) is 2.72. The molecular formula is C14H12N2OS. The molecule has 0 aliphatic rings. The topological polar surface area (TPSA) is 35.0 Å². The highest BCUT2D eigenvalue weighted by molar-refractivity contribution is 7.17. The van der Waals surface area contributed by atoms with Crippen molar-refractivity contribution >= 4 is 21.6 Å². The Balaban J connectivity index is 2.06. The van der Waals surface area contributed by atoms with Crippen LogP contribution in [0.5, 0.6) is 11.6 Å². The molecule has 0 N–H and O–H groups in total. The van der Waals surface area contributed by atoms with Gasteiger partial charge in [-0.25, -0.2) is 9.97 Å². The van der Waals surface area contributed by atoms with Crippen LogP contribution in [0.4, 0.5) is 0 Å². The second-order valence-corrected chi connectivity index (χ2v) is 5.03. The molecule has 3 aromatic rings. The lowest BCUT2D eigenvalue weighted by molar-refractivity contribution is 0.465. The third-order valence-electron chi connectivity index (χ3n) is 2.97. The molecule has 0 radical (unpaired) electrons. The van der Waals surface area contributed by atoms with Crippen molar-refractivity contribution < 1.29 is 4.74 Å². The first-order valence-electron chi connectivity index (χ1n) is 5.68. The van der Waals surface area contributed by atoms with E-state index in [0.717, 1.165) is 21.5 Å². The van der Waals surface area contributed by atoms with E-state index in [1.807, 2.05) is 23.6 Å². The molecule has 2 aromatic heterocycles. The predicted molar refractivity (Wildman–Crippen MR) is 73.4 cm³/mol. The van der Waals surface area contributed by atoms with E-state index in [1.54, 1.807) is 11.3 Å². The Morgan fingerprint density at radius 2 is 2.00 bits per heavy atom. The Labute approximate surface area is 109 Å². The van der Waals surface area contributed by atoms with Gasteiger partial charge in [-0.15, -0.1) is 11.3 Å². The van der Waals surface area contributed by atoms with Gasteiger partial charge < -0.3 is 4.74 Å². The molecule has 0 atom stereocenters. The molecule has 0 spiro atoms. The van der Waals surface area contributed by atoms with Gasteiger partial charge in [0.2, 0.25) is 5.88 Å². The summed E-state index contributed by atoms with van der Waals surface area (Å²) in [6.07, 6.45) is 1.54. The molecular weight excluding hydrogens is 244 g/mol. The SMILES string of the molecule is Cc1cccc(Oc2ncnc3ccsc23)c1C. The van der Waals surface area contributed by atoms with E-state index in [9.17, 15) is 0 Å². The van der Waals surface area contributed by atoms with Gasteiger partial charge in [-0.1, -0.05) is 12.1 Å². The molecule has 0 unspecified atom stereocenters. The number of hydrogen-bond acceptors (Lipinski definition) is 4. The zero-order valence-electron chi connectivity index (χ0n) is 10.2. The van der Waals surface area contributed by atoms with Crippen LogP contribution >= 0.6 is 11.3 Å². The first kappa shape index (κ1) is 11.2. The summed E-state index contributed by atoms with van der Waals surface area (Å²) < 4.78 is 6.91. The fraction of sp³-hybridized carbons (Fsp3) is 0.143. The van der Waals surface area contributed by atoms with Crippen molar-refractivity contribution in [2.45, 2.75) is 13.8 Å². The summed E-state index contributed by atoms with van der Waals surface area (Å²) in [5, 5.41) is 2.00. The van der Waals surface area contributed by atoms with Crippen molar-refractivity contribution in [2.24, 2.45) is 0 Å². The molecule has 0 amide bonds. The van der Waals surface area contributed by atoms with Crippen LogP contribution in [0, 0.1) is 13.8 Å². The van der Waals surface area contributed by atoms with E-state index >= 15 is 0 Å². The average Bonchev–Trinajstić information content (AvgIpc) is 2.84. The molecule has 0 saturated carbocycles. The van der Waals surface area contributed by atoms with Crippen LogP contribution in [0.1, 0.15) is 11.1 Å². The van der Waals surface area contributed by atoms with Gasteiger partial charge in [-0.3, -0.25) is 0 Å². The zero-order chi connectivity index (χ0) is 12.5. The normalized spacial score (nSPS) is 10.8. The summed E-state index contributed by atoms with van der Waals surface area (Å²) >= 11 is 1.59. The second kappa shape index (κ2) is 4.38. The molecule has 0 aliphatic heterocycles. The lowest BCUT2D eigenvalue weighted by Crippen LogP contribution is -1.92. The van der Waals surface area contributed by atoms with Gasteiger partial charge in [0, 0.05) is 0 Å². The molecule has 18 heavy (non-hydrogen) atoms. The quantitative estimate of drug-likeness (QED) is 0.692. The van der Waals surface area contributed by atoms with Gasteiger partial charge in [0.1, 0.15) is 16.8 Å². The van der Waals surface area contributed by atoms with Crippen molar-refractivity contribution in [1.29, 1.82) is 0 Å². The average molecular weight is 256 g/mol. The maximum Gasteiger partial charge on any atom is 0.240 e. The number of thiophene rings is 1. The van der Waals surface area contributed by atoms with E-state index in [-0.39, 0.29) is 0 Å². The minimum Gasteiger partial charge on any atom is -0.437 e. The smallest absolute Gasteiger partial charge is 0.240 e. The third kappa shape index (κ3) is 1.84. The molecule has 2 heterocycles. The van der Waals surface area contributed by atoms with Crippen LogP contribution < -0.4 is 4.74 Å². The van der Waals surface area contributed by atoms with Gasteiger partial charge in [0.05, 0.1) is 5.52 Å². The number of aromatic nitrogens is 2. The third-order valence-corrected chi connectivity index (χ3v) is 3.86. The maximum atomic E-state index is 5.92. The molecule has 3 rings (SSSR count). The van der Waals surface area contributed by atoms with E-state index in [1.165, 1.54) is 11.9 Å². The van der Waals surface area contributed by atoms with Crippen LogP contribution in [0.15, 0.2) is 36.0 Å². The molecule has 0 fully saturated rings. The number of benzene rings is 1. The second-order valence-electron chi connectivity index (χ2n) is 4.11. The monoisotopic (exact) mass is 256 g/mol. The minimum absolute atomic E-state index is 0.628. The van der Waals surface area contributed by atoms with Crippen molar-refractivity contribution in [2.75, 3.05) is 0 Å². The Morgan fingerprint density at radius 1 is 1.11 bits per heavy atom. The maximum absolute atomic E-state index is 5.92. The minimum atomic E-state index is 0.628. The summed E-state index contributed by atoms with van der Waals surface area (Å²) in [7, 11) is 0. The number of fused-ring (bicyclic) bond motifs is 1. The first-order valence-corrected chi connectivity index (χ1v) is 6.56. The standard InChI is InChI=1S/C14H12N2OS/c1-9-4-3-5-12(10(9)2)17-14-13-11(6-7-18-13)15-8-16-14/h3-8H,1-2H3. The van der Waals surface area contributed by atoms with E-state index in [4.69, 9.17) is 4.74 Å². The summed E-state index contributed by atoms with van der Waals surface area (Å²) in [6.45, 7) is 4.13. The number of ether oxygens (including phenoxy) is 1. The fourth-order valence-corrected chi connectivity index (χ4v) is 2.55. The Bertz CT molecular complexity index is 706. The molecule has 1 aromatic carbocycles. The lowest BCUT2D eigenvalue weighted by Gasteiger charge is -2.09. The van der Waals surface area contributed by atoms with E-state index < -0.39 is 0 Å². The van der Waals surface area contributed by atoms with Gasteiger partial charge >= 0.3 is 0 Å². The Morgan fingerprint density at radius 3 is 2.89 bits per heavy atom. The highest BCUT2D eigenvalue weighted by Crippen LogP contribution is 2.32. The van der Waals surface area contributed by atoms with E-state index in [0.29, 0.717) is 5.88 Å². The summed E-state index contributed by atoms with van der Waals surface area (Å²) in [5.74, 6) is 1.48. The predicted octanol–water partition coefficient (Wildman–Crippen LogP) is 4.10. The van der Waals surface area contributed by atoms with Crippen molar-refractivity contribution in [3.05, 3.63) is 47.1 Å². The fourth-order valence-electron chi connectivity index (χ4n) is 1.78. The molecule has 3 nitrogen and oxygen atoms in total. The zero-order valence-corrected chi connectivity index (χ0v) is 11.0. The summed E-state index contributed by atoms with van der Waals surface area (Å²) in [4.78, 5) is 8.43. The van der Waals surface area contributed by atoms with Crippen molar-refractivity contribution in [1.82, 2.24) is 9.97 Å². The van der Waals surface area contributed by atoms with Crippen LogP contribution in [0.3, 0.4) is 0 Å². The molecule has 4 heteroatoms. The van der Waals surface area contributed by atoms with Crippen LogP contribution in [0.25, 0.3) is 10.2 Å². The van der Waals surface area contributed by atoms with Crippen molar-refractivity contribution in [3.8, 4) is 11.6 Å². The largest absolute Gasteiger partial charge is 0.437 e. The molecule has 90 valence electrons. The van der Waals surface area contributed by atoms with Gasteiger partial charge in [0.25, 0.3) is 0 Å². The number of rotatable bonds is 2. The number of nitrogens with zero attached hydrogens (tertiary/aromatic N) is 2. The Hall–Kier alpha value is -1.94. The van der Waals surface area contributed by atoms with Crippen LogP contribution in [-0.4, -0.2) is 9.97 Å². The van der Waals surface area contributed by atoms with Crippen LogP contribution in [0.2, 0.25) is 0 Å². The summed E-state index contributed by atoms with van der Waals surface area (Å²) in [6, 6.07) is 7.99. The lowest BCUT2D eigenvalue weighted by atomic mass is 10.1. The number of hydrogen-bond donors (Lipinski definition) is 0. The van der Waals surface area contributed by atoms with Gasteiger partial charge in [-0.2, -0.15) is 0 Å². The molecule has 0 aliphatic carbocycles. The highest BCUT2D eigenvalue weighted by atomic mass is 32.1. The number of aryl methyl sites for hydroxylation is 1. The molecule has 0 bridgehead atoms. The van der Waals surface area contributed by atoms with Gasteiger partial charge in [0.15, 0.2) is 0 Å². The van der Waals surface area contributed by atoms with Crippen LogP contribution in [-0.2, 0) is 0 Å². The summed E-state index contributed by atoms with van der Waals surface area (Å²) in [5.41, 5.74) is 3.28. The van der Waals surface area contributed by atoms with E-state index in [2.05, 4.69) is 29.9 Å². The molecule has 0 saturated heterocycles.